The molecule has 0 aliphatic rings. The Morgan fingerprint density at radius 2 is 0.636 bits per heavy atom. The Bertz CT molecular complexity index is 1330. The molecule has 13 heteroatoms. The molecule has 0 fully saturated rings. The van der Waals surface area contributed by atoms with Crippen molar-refractivity contribution in [3.05, 3.63) is 69.3 Å². The number of hydrogen-bond acceptors (Lipinski definition) is 3. The van der Waals surface area contributed by atoms with Gasteiger partial charge in [-0.3, -0.25) is 0 Å². The Morgan fingerprint density at radius 1 is 0.394 bits per heavy atom. The lowest BCUT2D eigenvalue weighted by molar-refractivity contribution is 0.315. The number of benzene rings is 3. The molecule has 1 heterocycles. The van der Waals surface area contributed by atoms with E-state index in [1.807, 2.05) is 0 Å². The van der Waals surface area contributed by atoms with Crippen LogP contribution >= 0.6 is 0 Å². The number of rotatable bonds is 2. The van der Waals surface area contributed by atoms with Gasteiger partial charge in [-0.25, -0.2) is 48.5 Å². The third-order valence-electron chi connectivity index (χ3n) is 5.12. The molecule has 0 amide bonds. The first kappa shape index (κ1) is 22.6. The average Bonchev–Trinajstić information content (AvgIpc) is 3.29. The highest BCUT2D eigenvalue weighted by Crippen LogP contribution is 2.46. The number of aryl methyl sites for hydroxylation is 2. The van der Waals surface area contributed by atoms with Gasteiger partial charge in [0.1, 0.15) is 11.0 Å². The smallest absolute Gasteiger partial charge is 0.200 e. The molecule has 0 bridgehead atoms. The van der Waals surface area contributed by atoms with E-state index in [2.05, 4.69) is 14.9 Å². The summed E-state index contributed by atoms with van der Waals surface area (Å²) in [5, 5.41) is 6.86. The molecule has 3 nitrogen and oxygen atoms in total. The van der Waals surface area contributed by atoms with E-state index in [0.29, 0.717) is 0 Å². The Morgan fingerprint density at radius 3 is 0.909 bits per heavy atom. The van der Waals surface area contributed by atoms with Gasteiger partial charge < -0.3 is 0 Å². The van der Waals surface area contributed by atoms with Crippen LogP contribution in [0.25, 0.3) is 33.3 Å². The number of fused-ring (bicyclic) bond motifs is 1. The summed E-state index contributed by atoms with van der Waals surface area (Å²) in [7, 11) is 0. The number of aromatic nitrogens is 2. The van der Waals surface area contributed by atoms with Gasteiger partial charge in [0.15, 0.2) is 46.5 Å². The predicted octanol–water partition coefficient (Wildman–Crippen LogP) is 6.56. The topological polar surface area (TPSA) is 38.9 Å². The lowest BCUT2D eigenvalue weighted by Crippen LogP contribution is -2.10. The minimum atomic E-state index is -2.52. The lowest BCUT2D eigenvalue weighted by atomic mass is 9.85. The molecule has 0 N–H and O–H groups in total. The van der Waals surface area contributed by atoms with E-state index in [1.165, 1.54) is 0 Å². The molecule has 0 atom stereocenters. The Balaban J connectivity index is 2.33. The summed E-state index contributed by atoms with van der Waals surface area (Å²) < 4.78 is 146. The second kappa shape index (κ2) is 7.46. The molecule has 0 radical (unpaired) electrons. The molecule has 1 aromatic heterocycles. The number of hydrogen-bond donors (Lipinski definition) is 0. The van der Waals surface area contributed by atoms with Crippen LogP contribution < -0.4 is 0 Å². The van der Waals surface area contributed by atoms with Crippen LogP contribution in [-0.4, -0.2) is 10.3 Å². The zero-order valence-electron chi connectivity index (χ0n) is 16.1. The molecule has 33 heavy (non-hydrogen) atoms. The minimum Gasteiger partial charge on any atom is -0.243 e. The van der Waals surface area contributed by atoms with E-state index in [0.717, 1.165) is 13.8 Å². The normalized spacial score (nSPS) is 11.6. The molecule has 0 spiro atoms. The van der Waals surface area contributed by atoms with E-state index < -0.39 is 91.6 Å². The second-order valence-electron chi connectivity index (χ2n) is 6.85. The lowest BCUT2D eigenvalue weighted by Gasteiger charge is -2.19. The van der Waals surface area contributed by atoms with Crippen molar-refractivity contribution in [1.82, 2.24) is 10.3 Å². The fourth-order valence-corrected chi connectivity index (χ4v) is 3.57. The van der Waals surface area contributed by atoms with Crippen LogP contribution in [0.2, 0.25) is 0 Å². The summed E-state index contributed by atoms with van der Waals surface area (Å²) in [6.07, 6.45) is 0. The van der Waals surface area contributed by atoms with Crippen molar-refractivity contribution in [2.75, 3.05) is 0 Å². The van der Waals surface area contributed by atoms with Crippen molar-refractivity contribution in [1.29, 1.82) is 0 Å². The van der Waals surface area contributed by atoms with E-state index in [4.69, 9.17) is 0 Å². The van der Waals surface area contributed by atoms with Gasteiger partial charge in [0.05, 0.1) is 11.1 Å². The maximum Gasteiger partial charge on any atom is 0.200 e. The molecule has 172 valence electrons. The van der Waals surface area contributed by atoms with E-state index >= 15 is 0 Å². The van der Waals surface area contributed by atoms with Crippen LogP contribution in [0.5, 0.6) is 0 Å². The van der Waals surface area contributed by atoms with Gasteiger partial charge in [-0.05, 0) is 35.3 Å². The fourth-order valence-electron chi connectivity index (χ4n) is 3.57. The summed E-state index contributed by atoms with van der Waals surface area (Å²) in [6, 6.07) is 0. The van der Waals surface area contributed by atoms with Crippen LogP contribution in [0.4, 0.5) is 43.9 Å². The third-order valence-corrected chi connectivity index (χ3v) is 5.12. The zero-order chi connectivity index (χ0) is 24.5. The summed E-state index contributed by atoms with van der Waals surface area (Å²) in [6.45, 7) is 1.99. The fraction of sp³-hybridized carbons (Fsp3) is 0.100. The summed E-state index contributed by atoms with van der Waals surface area (Å²) in [4.78, 5) is 0. The van der Waals surface area contributed by atoms with Gasteiger partial charge in [-0.2, -0.15) is 0 Å². The maximum absolute atomic E-state index is 14.7. The van der Waals surface area contributed by atoms with E-state index in [9.17, 15) is 43.9 Å². The highest BCUT2D eigenvalue weighted by Gasteiger charge is 2.35. The summed E-state index contributed by atoms with van der Waals surface area (Å²) in [5.74, 6) is -24.3. The Labute approximate surface area is 176 Å². The third kappa shape index (κ3) is 2.91. The second-order valence-corrected chi connectivity index (χ2v) is 6.85. The molecular formula is C20H6F10N2O. The van der Waals surface area contributed by atoms with Crippen LogP contribution in [0.1, 0.15) is 11.1 Å². The highest BCUT2D eigenvalue weighted by atomic mass is 19.2. The van der Waals surface area contributed by atoms with Crippen molar-refractivity contribution in [3.63, 3.8) is 0 Å². The van der Waals surface area contributed by atoms with Gasteiger partial charge in [0.2, 0.25) is 11.6 Å². The molecule has 4 rings (SSSR count). The predicted molar refractivity (Wildman–Crippen MR) is 91.7 cm³/mol. The molecule has 0 saturated carbocycles. The summed E-state index contributed by atoms with van der Waals surface area (Å²) in [5.41, 5.74) is -7.05. The molecule has 3 aromatic carbocycles. The molecular weight excluding hydrogens is 474 g/mol. The molecule has 4 aromatic rings. The van der Waals surface area contributed by atoms with E-state index in [1.54, 1.807) is 0 Å². The van der Waals surface area contributed by atoms with Crippen LogP contribution in [-0.2, 0) is 0 Å². The van der Waals surface area contributed by atoms with Crippen molar-refractivity contribution in [3.8, 4) is 22.3 Å². The highest BCUT2D eigenvalue weighted by molar-refractivity contribution is 6.00. The minimum absolute atomic E-state index is 0.320. The van der Waals surface area contributed by atoms with Crippen molar-refractivity contribution < 1.29 is 48.5 Å². The van der Waals surface area contributed by atoms with Crippen molar-refractivity contribution in [2.45, 2.75) is 13.8 Å². The van der Waals surface area contributed by atoms with Crippen molar-refractivity contribution >= 4 is 11.0 Å². The standard InChI is InChI=1S/C20H6F10N2O/c1-3-5(7-9(21)13(25)17(29)14(26)10(7)22)6(4(2)20-19(3)31-33-32-20)8-11(23)15(27)18(30)16(28)12(8)24/h1-2H3. The van der Waals surface area contributed by atoms with Crippen molar-refractivity contribution in [2.24, 2.45) is 0 Å². The molecule has 0 unspecified atom stereocenters. The summed E-state index contributed by atoms with van der Waals surface area (Å²) >= 11 is 0. The monoisotopic (exact) mass is 480 g/mol. The average molecular weight is 480 g/mol. The van der Waals surface area contributed by atoms with Gasteiger partial charge in [-0.15, -0.1) is 0 Å². The first-order valence-corrected chi connectivity index (χ1v) is 8.70. The zero-order valence-corrected chi connectivity index (χ0v) is 16.1. The SMILES string of the molecule is Cc1c(-c2c(F)c(F)c(F)c(F)c2F)c(-c2c(F)c(F)c(F)c(F)c2F)c(C)c2nonc12. The van der Waals surface area contributed by atoms with Gasteiger partial charge in [-0.1, -0.05) is 0 Å². The van der Waals surface area contributed by atoms with E-state index in [-0.39, 0.29) is 11.0 Å². The van der Waals surface area contributed by atoms with Gasteiger partial charge in [0, 0.05) is 11.1 Å². The Hall–Kier alpha value is -3.64. The van der Waals surface area contributed by atoms with Gasteiger partial charge in [0.25, 0.3) is 0 Å². The molecule has 0 aliphatic carbocycles. The maximum atomic E-state index is 14.7. The first-order valence-electron chi connectivity index (χ1n) is 8.70. The largest absolute Gasteiger partial charge is 0.243 e. The van der Waals surface area contributed by atoms with Crippen LogP contribution in [0.15, 0.2) is 4.63 Å². The van der Waals surface area contributed by atoms with Crippen LogP contribution in [0.3, 0.4) is 0 Å². The molecule has 0 aliphatic heterocycles. The Kier molecular flexibility index (Phi) is 5.10. The number of nitrogens with zero attached hydrogens (tertiary/aromatic N) is 2. The van der Waals surface area contributed by atoms with Gasteiger partial charge >= 0.3 is 0 Å². The molecule has 0 saturated heterocycles. The number of halogens is 10. The quantitative estimate of drug-likeness (QED) is 0.185. The first-order chi connectivity index (χ1) is 15.4. The van der Waals surface area contributed by atoms with Crippen LogP contribution in [0, 0.1) is 72.0 Å².